The Hall–Kier alpha value is -1.50. The molecule has 0 aromatic heterocycles. The lowest BCUT2D eigenvalue weighted by atomic mass is 9.88. The molecule has 0 saturated heterocycles. The summed E-state index contributed by atoms with van der Waals surface area (Å²) in [4.78, 5) is 11.5. The summed E-state index contributed by atoms with van der Waals surface area (Å²) in [6.07, 6.45) is 0.0400. The van der Waals surface area contributed by atoms with E-state index in [-0.39, 0.29) is 18.7 Å². The molecule has 0 aliphatic heterocycles. The number of aliphatic hydroxyl groups excluding tert-OH is 1. The summed E-state index contributed by atoms with van der Waals surface area (Å²) in [6.45, 7) is 3.29. The molecule has 3 atom stereocenters. The second-order valence-corrected chi connectivity index (χ2v) is 6.71. The fourth-order valence-corrected chi connectivity index (χ4v) is 2.42. The van der Waals surface area contributed by atoms with Crippen LogP contribution in [0.25, 0.3) is 0 Å². The normalized spacial score (nSPS) is 15.9. The summed E-state index contributed by atoms with van der Waals surface area (Å²) >= 11 is 0. The Bertz CT molecular complexity index is 517. The molecule has 0 radical (unpaired) electrons. The fourth-order valence-electron chi connectivity index (χ4n) is 2.42. The molecular formula is C17H27FN2O3. The Labute approximate surface area is 136 Å². The standard InChI is InChI=1S/C17H27FN2O3/c1-17(2,23)8-7-12(16(20)22)10-15(21)14(19)9-11-5-3-4-6-13(11)18/h3-6,12,14-15,21,23H,7-10,19H2,1-2H3,(H2,20,22)/t12-,14+,15+/m1/s1. The van der Waals surface area contributed by atoms with E-state index in [4.69, 9.17) is 11.5 Å². The van der Waals surface area contributed by atoms with E-state index in [1.54, 1.807) is 32.0 Å². The van der Waals surface area contributed by atoms with Gasteiger partial charge in [-0.15, -0.1) is 0 Å². The van der Waals surface area contributed by atoms with Crippen molar-refractivity contribution < 1.29 is 19.4 Å². The maximum absolute atomic E-state index is 13.6. The van der Waals surface area contributed by atoms with Gasteiger partial charge >= 0.3 is 0 Å². The molecule has 0 spiro atoms. The van der Waals surface area contributed by atoms with Crippen molar-refractivity contribution in [3.8, 4) is 0 Å². The van der Waals surface area contributed by atoms with Crippen LogP contribution in [-0.4, -0.2) is 33.9 Å². The molecule has 0 aliphatic rings. The van der Waals surface area contributed by atoms with Crippen molar-refractivity contribution in [3.63, 3.8) is 0 Å². The summed E-state index contributed by atoms with van der Waals surface area (Å²) in [6, 6.07) is 5.54. The van der Waals surface area contributed by atoms with Crippen LogP contribution in [-0.2, 0) is 11.2 Å². The molecule has 1 amide bonds. The van der Waals surface area contributed by atoms with Crippen molar-refractivity contribution in [2.24, 2.45) is 17.4 Å². The van der Waals surface area contributed by atoms with Crippen LogP contribution in [0.5, 0.6) is 0 Å². The Morgan fingerprint density at radius 3 is 2.48 bits per heavy atom. The van der Waals surface area contributed by atoms with E-state index >= 15 is 0 Å². The zero-order valence-electron chi connectivity index (χ0n) is 13.7. The predicted octanol–water partition coefficient (Wildman–Crippen LogP) is 1.10. The molecule has 0 aliphatic carbocycles. The number of rotatable bonds is 9. The third-order valence-corrected chi connectivity index (χ3v) is 3.94. The minimum Gasteiger partial charge on any atom is -0.391 e. The van der Waals surface area contributed by atoms with Crippen LogP contribution >= 0.6 is 0 Å². The molecule has 0 fully saturated rings. The smallest absolute Gasteiger partial charge is 0.220 e. The molecule has 23 heavy (non-hydrogen) atoms. The molecule has 1 aromatic carbocycles. The fraction of sp³-hybridized carbons (Fsp3) is 0.588. The first kappa shape index (κ1) is 19.5. The van der Waals surface area contributed by atoms with E-state index in [1.807, 2.05) is 0 Å². The summed E-state index contributed by atoms with van der Waals surface area (Å²) in [5, 5.41) is 19.9. The number of halogens is 1. The summed E-state index contributed by atoms with van der Waals surface area (Å²) < 4.78 is 13.6. The second-order valence-electron chi connectivity index (χ2n) is 6.71. The topological polar surface area (TPSA) is 110 Å². The van der Waals surface area contributed by atoms with Crippen LogP contribution in [0, 0.1) is 11.7 Å². The molecule has 1 rings (SSSR count). The number of carbonyl (C=O) groups is 1. The number of nitrogens with two attached hydrogens (primary N) is 2. The summed E-state index contributed by atoms with van der Waals surface area (Å²) in [5.74, 6) is -1.49. The van der Waals surface area contributed by atoms with Gasteiger partial charge in [-0.05, 0) is 51.2 Å². The largest absolute Gasteiger partial charge is 0.391 e. The third-order valence-electron chi connectivity index (χ3n) is 3.94. The van der Waals surface area contributed by atoms with Gasteiger partial charge in [-0.1, -0.05) is 18.2 Å². The Kier molecular flexibility index (Phi) is 7.12. The summed E-state index contributed by atoms with van der Waals surface area (Å²) in [7, 11) is 0. The molecule has 0 bridgehead atoms. The number of amides is 1. The number of hydrogen-bond donors (Lipinski definition) is 4. The molecule has 130 valence electrons. The van der Waals surface area contributed by atoms with Crippen molar-refractivity contribution in [2.75, 3.05) is 0 Å². The molecule has 6 heteroatoms. The lowest BCUT2D eigenvalue weighted by Gasteiger charge is -2.25. The van der Waals surface area contributed by atoms with E-state index in [1.165, 1.54) is 6.07 Å². The van der Waals surface area contributed by atoms with Gasteiger partial charge < -0.3 is 21.7 Å². The molecule has 0 heterocycles. The molecule has 5 nitrogen and oxygen atoms in total. The highest BCUT2D eigenvalue weighted by Gasteiger charge is 2.26. The third kappa shape index (κ3) is 7.07. The minimum atomic E-state index is -0.978. The lowest BCUT2D eigenvalue weighted by Crippen LogP contribution is -2.40. The van der Waals surface area contributed by atoms with Gasteiger partial charge in [-0.3, -0.25) is 4.79 Å². The van der Waals surface area contributed by atoms with Crippen LogP contribution < -0.4 is 11.5 Å². The molecule has 0 saturated carbocycles. The van der Waals surface area contributed by atoms with Crippen LogP contribution in [0.2, 0.25) is 0 Å². The van der Waals surface area contributed by atoms with E-state index in [9.17, 15) is 19.4 Å². The first-order chi connectivity index (χ1) is 10.6. The zero-order valence-corrected chi connectivity index (χ0v) is 13.7. The summed E-state index contributed by atoms with van der Waals surface area (Å²) in [5.41, 5.74) is 10.8. The first-order valence-electron chi connectivity index (χ1n) is 7.79. The van der Waals surface area contributed by atoms with Crippen molar-refractivity contribution in [1.82, 2.24) is 0 Å². The minimum absolute atomic E-state index is 0.0982. The van der Waals surface area contributed by atoms with Crippen molar-refractivity contribution in [3.05, 3.63) is 35.6 Å². The predicted molar refractivity (Wildman–Crippen MR) is 86.9 cm³/mol. The van der Waals surface area contributed by atoms with Crippen LogP contribution in [0.15, 0.2) is 24.3 Å². The number of benzene rings is 1. The van der Waals surface area contributed by atoms with Gasteiger partial charge in [-0.2, -0.15) is 0 Å². The SMILES string of the molecule is CC(C)(O)CC[C@H](C[C@H](O)[C@@H](N)Cc1ccccc1F)C(N)=O. The van der Waals surface area contributed by atoms with Crippen molar-refractivity contribution >= 4 is 5.91 Å². The van der Waals surface area contributed by atoms with E-state index in [0.717, 1.165) is 0 Å². The average Bonchev–Trinajstić information content (AvgIpc) is 2.44. The quantitative estimate of drug-likeness (QED) is 0.544. The zero-order chi connectivity index (χ0) is 17.6. The van der Waals surface area contributed by atoms with Gasteiger partial charge in [0.2, 0.25) is 5.91 Å². The molecule has 1 aromatic rings. The van der Waals surface area contributed by atoms with Gasteiger partial charge in [0.05, 0.1) is 11.7 Å². The highest BCUT2D eigenvalue weighted by atomic mass is 19.1. The number of primary amides is 1. The van der Waals surface area contributed by atoms with Crippen molar-refractivity contribution in [1.29, 1.82) is 0 Å². The molecular weight excluding hydrogens is 299 g/mol. The van der Waals surface area contributed by atoms with Gasteiger partial charge in [-0.25, -0.2) is 4.39 Å². The van der Waals surface area contributed by atoms with Gasteiger partial charge in [0.25, 0.3) is 0 Å². The number of hydrogen-bond acceptors (Lipinski definition) is 4. The van der Waals surface area contributed by atoms with Crippen LogP contribution in [0.1, 0.15) is 38.7 Å². The first-order valence-corrected chi connectivity index (χ1v) is 7.79. The molecule has 6 N–H and O–H groups in total. The highest BCUT2D eigenvalue weighted by Crippen LogP contribution is 2.21. The van der Waals surface area contributed by atoms with Gasteiger partial charge in [0, 0.05) is 12.0 Å². The number of carbonyl (C=O) groups excluding carboxylic acids is 1. The second kappa shape index (κ2) is 8.38. The van der Waals surface area contributed by atoms with Crippen LogP contribution in [0.3, 0.4) is 0 Å². The Morgan fingerprint density at radius 1 is 1.35 bits per heavy atom. The van der Waals surface area contributed by atoms with E-state index < -0.39 is 29.6 Å². The van der Waals surface area contributed by atoms with Gasteiger partial charge in [0.15, 0.2) is 0 Å². The Morgan fingerprint density at radius 2 is 1.96 bits per heavy atom. The van der Waals surface area contributed by atoms with E-state index in [0.29, 0.717) is 18.4 Å². The number of aliphatic hydroxyl groups is 2. The Balaban J connectivity index is 2.62. The highest BCUT2D eigenvalue weighted by molar-refractivity contribution is 5.76. The van der Waals surface area contributed by atoms with Gasteiger partial charge in [0.1, 0.15) is 5.82 Å². The van der Waals surface area contributed by atoms with Crippen molar-refractivity contribution in [2.45, 2.75) is 57.3 Å². The monoisotopic (exact) mass is 326 g/mol. The maximum Gasteiger partial charge on any atom is 0.220 e. The van der Waals surface area contributed by atoms with E-state index in [2.05, 4.69) is 0 Å². The molecule has 0 unspecified atom stereocenters. The maximum atomic E-state index is 13.6. The average molecular weight is 326 g/mol. The lowest BCUT2D eigenvalue weighted by molar-refractivity contribution is -0.123. The van der Waals surface area contributed by atoms with Crippen LogP contribution in [0.4, 0.5) is 4.39 Å².